The first-order valence-corrected chi connectivity index (χ1v) is 10.1. The van der Waals surface area contributed by atoms with Crippen molar-refractivity contribution in [1.82, 2.24) is 14.9 Å². The third-order valence-electron chi connectivity index (χ3n) is 5.23. The van der Waals surface area contributed by atoms with Crippen LogP contribution < -0.4 is 15.6 Å². The molecule has 1 aromatic carbocycles. The highest BCUT2D eigenvalue weighted by atomic mass is 16.5. The summed E-state index contributed by atoms with van der Waals surface area (Å²) >= 11 is 0. The lowest BCUT2D eigenvalue weighted by Gasteiger charge is -2.06. The second-order valence-electron chi connectivity index (χ2n) is 7.47. The number of aromatic carboxylic acids is 1. The predicted octanol–water partition coefficient (Wildman–Crippen LogP) is 2.75. The second kappa shape index (κ2) is 8.99. The lowest BCUT2D eigenvalue weighted by atomic mass is 10.0. The molecule has 33 heavy (non-hydrogen) atoms. The molecule has 1 amide bonds. The minimum atomic E-state index is -1.01. The molecule has 2 N–H and O–H groups in total. The van der Waals surface area contributed by atoms with E-state index < -0.39 is 11.9 Å². The van der Waals surface area contributed by atoms with Crippen LogP contribution in [0.2, 0.25) is 0 Å². The number of nitrogens with zero attached hydrogens (tertiary/aromatic N) is 2. The molecule has 0 spiro atoms. The number of carbonyl (C=O) groups excluding carboxylic acids is 1. The first kappa shape index (κ1) is 21.8. The molecule has 0 aliphatic carbocycles. The van der Waals surface area contributed by atoms with Gasteiger partial charge in [0, 0.05) is 43.2 Å². The Balaban J connectivity index is 1.55. The molecule has 4 aromatic rings. The number of furan rings is 1. The van der Waals surface area contributed by atoms with Crippen molar-refractivity contribution in [2.24, 2.45) is 7.05 Å². The van der Waals surface area contributed by atoms with Gasteiger partial charge in [-0.1, -0.05) is 12.1 Å². The Morgan fingerprint density at radius 2 is 1.88 bits per heavy atom. The topological polar surface area (TPSA) is 124 Å². The van der Waals surface area contributed by atoms with Crippen LogP contribution in [-0.2, 0) is 20.0 Å². The monoisotopic (exact) mass is 447 g/mol. The van der Waals surface area contributed by atoms with E-state index in [1.807, 2.05) is 0 Å². The van der Waals surface area contributed by atoms with Gasteiger partial charge < -0.3 is 19.6 Å². The number of amides is 1. The molecular formula is C24H21N3O6. The molecule has 0 saturated carbocycles. The van der Waals surface area contributed by atoms with E-state index in [1.165, 1.54) is 23.8 Å². The molecule has 3 heterocycles. The molecule has 0 saturated heterocycles. The second-order valence-corrected chi connectivity index (χ2v) is 7.47. The Hall–Kier alpha value is -4.40. The number of carboxylic acid groups (broad SMARTS) is 1. The maximum Gasteiger partial charge on any atom is 0.335 e. The number of methoxy groups -OCH3 is 1. The lowest BCUT2D eigenvalue weighted by molar-refractivity contribution is 0.0696. The summed E-state index contributed by atoms with van der Waals surface area (Å²) in [4.78, 5) is 40.5. The molecule has 4 rings (SSSR count). The highest BCUT2D eigenvalue weighted by Gasteiger charge is 2.17. The van der Waals surface area contributed by atoms with Gasteiger partial charge in [0.1, 0.15) is 0 Å². The largest absolute Gasteiger partial charge is 0.481 e. The van der Waals surface area contributed by atoms with Crippen LogP contribution in [0.15, 0.2) is 63.9 Å². The Kier molecular flexibility index (Phi) is 5.95. The normalized spacial score (nSPS) is 10.8. The van der Waals surface area contributed by atoms with Crippen LogP contribution in [0.5, 0.6) is 5.88 Å². The first-order chi connectivity index (χ1) is 15.9. The highest BCUT2D eigenvalue weighted by Crippen LogP contribution is 2.20. The Labute approximate surface area is 188 Å². The minimum absolute atomic E-state index is 0.0870. The number of hydrogen-bond donors (Lipinski definition) is 2. The average molecular weight is 447 g/mol. The molecule has 0 bridgehead atoms. The van der Waals surface area contributed by atoms with E-state index in [-0.39, 0.29) is 23.4 Å². The predicted molar refractivity (Wildman–Crippen MR) is 120 cm³/mol. The number of rotatable bonds is 7. The van der Waals surface area contributed by atoms with E-state index in [0.717, 1.165) is 11.1 Å². The van der Waals surface area contributed by atoms with Crippen LogP contribution in [0, 0.1) is 0 Å². The van der Waals surface area contributed by atoms with Crippen LogP contribution >= 0.6 is 0 Å². The fourth-order valence-corrected chi connectivity index (χ4v) is 3.48. The summed E-state index contributed by atoms with van der Waals surface area (Å²) in [6.45, 7) is 0.255. The zero-order valence-electron chi connectivity index (χ0n) is 18.0. The van der Waals surface area contributed by atoms with Gasteiger partial charge in [0.25, 0.3) is 11.5 Å². The summed E-state index contributed by atoms with van der Waals surface area (Å²) in [5.41, 5.74) is 2.33. The maximum absolute atomic E-state index is 12.8. The number of aryl methyl sites for hydroxylation is 1. The van der Waals surface area contributed by atoms with Gasteiger partial charge >= 0.3 is 5.97 Å². The quantitative estimate of drug-likeness (QED) is 0.446. The van der Waals surface area contributed by atoms with Gasteiger partial charge in [-0.3, -0.25) is 14.2 Å². The smallest absolute Gasteiger partial charge is 0.335 e. The molecule has 0 atom stereocenters. The number of hydrogen-bond acceptors (Lipinski definition) is 6. The maximum atomic E-state index is 12.8. The van der Waals surface area contributed by atoms with Gasteiger partial charge in [0.2, 0.25) is 11.6 Å². The first-order valence-electron chi connectivity index (χ1n) is 10.1. The Morgan fingerprint density at radius 3 is 2.58 bits per heavy atom. The summed E-state index contributed by atoms with van der Waals surface area (Å²) in [6.07, 6.45) is 1.91. The van der Waals surface area contributed by atoms with Gasteiger partial charge in [-0.05, 0) is 41.5 Å². The van der Waals surface area contributed by atoms with Crippen LogP contribution in [0.25, 0.3) is 11.1 Å². The highest BCUT2D eigenvalue weighted by molar-refractivity contribution is 5.95. The summed E-state index contributed by atoms with van der Waals surface area (Å²) in [6, 6.07) is 13.1. The number of fused-ring (bicyclic) bond motifs is 1. The van der Waals surface area contributed by atoms with Crippen molar-refractivity contribution in [1.29, 1.82) is 0 Å². The molecule has 0 aliphatic heterocycles. The zero-order chi connectivity index (χ0) is 23.5. The number of carbonyl (C=O) groups is 2. The lowest BCUT2D eigenvalue weighted by Crippen LogP contribution is -2.22. The summed E-state index contributed by atoms with van der Waals surface area (Å²) in [5.74, 6) is -0.888. The van der Waals surface area contributed by atoms with E-state index in [4.69, 9.17) is 14.3 Å². The van der Waals surface area contributed by atoms with Crippen molar-refractivity contribution < 1.29 is 23.8 Å². The van der Waals surface area contributed by atoms with E-state index in [9.17, 15) is 14.4 Å². The van der Waals surface area contributed by atoms with Crippen molar-refractivity contribution >= 4 is 23.0 Å². The number of aromatic nitrogens is 2. The SMILES string of the molecule is COc1cc(CNC(=O)c2cc3cc(Cc4ccc(C(=O)O)cc4)c(=O)n(C)c3o2)ccn1. The molecule has 9 heteroatoms. The molecule has 9 nitrogen and oxygen atoms in total. The number of carboxylic acids is 1. The molecule has 3 aromatic heterocycles. The number of pyridine rings is 2. The van der Waals surface area contributed by atoms with Crippen molar-refractivity contribution in [3.63, 3.8) is 0 Å². The van der Waals surface area contributed by atoms with E-state index in [2.05, 4.69) is 10.3 Å². The fraction of sp³-hybridized carbons (Fsp3) is 0.167. The van der Waals surface area contributed by atoms with Crippen LogP contribution in [-0.4, -0.2) is 33.6 Å². The van der Waals surface area contributed by atoms with Gasteiger partial charge in [-0.15, -0.1) is 0 Å². The number of nitrogens with one attached hydrogen (secondary N) is 1. The molecule has 168 valence electrons. The number of benzene rings is 1. The van der Waals surface area contributed by atoms with Crippen molar-refractivity contribution in [2.45, 2.75) is 13.0 Å². The average Bonchev–Trinajstić information content (AvgIpc) is 3.25. The summed E-state index contributed by atoms with van der Waals surface area (Å²) in [5, 5.41) is 12.4. The molecule has 0 aliphatic rings. The minimum Gasteiger partial charge on any atom is -0.481 e. The molecule has 0 unspecified atom stereocenters. The van der Waals surface area contributed by atoms with Gasteiger partial charge in [0.05, 0.1) is 12.7 Å². The third-order valence-corrected chi connectivity index (χ3v) is 5.23. The van der Waals surface area contributed by atoms with Crippen molar-refractivity contribution in [3.8, 4) is 5.88 Å². The number of ether oxygens (including phenoxy) is 1. The Bertz CT molecular complexity index is 1400. The van der Waals surface area contributed by atoms with Gasteiger partial charge in [0.15, 0.2) is 5.76 Å². The Morgan fingerprint density at radius 1 is 1.12 bits per heavy atom. The van der Waals surface area contributed by atoms with Gasteiger partial charge in [-0.25, -0.2) is 9.78 Å². The summed E-state index contributed by atoms with van der Waals surface area (Å²) < 4.78 is 12.1. The molecule has 0 fully saturated rings. The molecular weight excluding hydrogens is 426 g/mol. The fourth-order valence-electron chi connectivity index (χ4n) is 3.48. The zero-order valence-corrected chi connectivity index (χ0v) is 18.0. The third kappa shape index (κ3) is 4.62. The van der Waals surface area contributed by atoms with E-state index in [0.29, 0.717) is 29.0 Å². The van der Waals surface area contributed by atoms with E-state index in [1.54, 1.807) is 49.6 Å². The van der Waals surface area contributed by atoms with Crippen LogP contribution in [0.3, 0.4) is 0 Å². The van der Waals surface area contributed by atoms with Crippen molar-refractivity contribution in [3.05, 3.63) is 93.1 Å². The summed E-state index contributed by atoms with van der Waals surface area (Å²) in [7, 11) is 3.10. The van der Waals surface area contributed by atoms with Crippen molar-refractivity contribution in [2.75, 3.05) is 7.11 Å². The standard InChI is InChI=1S/C24H21N3O6/c1-27-22(29)17(9-14-3-5-16(6-4-14)24(30)31)11-18-12-19(33-23(18)27)21(28)26-13-15-7-8-25-20(10-15)32-2/h3-8,10-12H,9,13H2,1-2H3,(H,26,28)(H,30,31). The van der Waals surface area contributed by atoms with Crippen LogP contribution in [0.1, 0.15) is 37.6 Å². The van der Waals surface area contributed by atoms with E-state index >= 15 is 0 Å². The molecule has 0 radical (unpaired) electrons. The van der Waals surface area contributed by atoms with Gasteiger partial charge in [-0.2, -0.15) is 0 Å². The van der Waals surface area contributed by atoms with Crippen LogP contribution in [0.4, 0.5) is 0 Å².